The highest BCUT2D eigenvalue weighted by Gasteiger charge is 2.25. The molecule has 1 amide bonds. The minimum atomic E-state index is 0.0000799. The molecular weight excluding hydrogens is 318 g/mol. The summed E-state index contributed by atoms with van der Waals surface area (Å²) in [5, 5.41) is 0. The standard InChI is InChI=1S/C19H21N3O3/c20-11-15-10-13-2-1-3-16(18(13)25-15)17-5-4-14(12-21-17)19(23)22-6-8-24-9-7-22/h1-5,12,15H,6-11,20H2. The third-order valence-electron chi connectivity index (χ3n) is 4.68. The van der Waals surface area contributed by atoms with Crippen molar-refractivity contribution in [1.82, 2.24) is 9.88 Å². The number of nitrogens with two attached hydrogens (primary N) is 1. The van der Waals surface area contributed by atoms with Crippen molar-refractivity contribution < 1.29 is 14.3 Å². The van der Waals surface area contributed by atoms with Gasteiger partial charge in [-0.2, -0.15) is 0 Å². The Balaban J connectivity index is 1.57. The summed E-state index contributed by atoms with van der Waals surface area (Å²) >= 11 is 0. The molecule has 0 spiro atoms. The van der Waals surface area contributed by atoms with Gasteiger partial charge in [0, 0.05) is 37.8 Å². The molecule has 0 aliphatic carbocycles. The van der Waals surface area contributed by atoms with Gasteiger partial charge in [-0.3, -0.25) is 9.78 Å². The van der Waals surface area contributed by atoms with E-state index < -0.39 is 0 Å². The molecule has 0 bridgehead atoms. The number of carbonyl (C=O) groups excluding carboxylic acids is 1. The molecule has 1 fully saturated rings. The van der Waals surface area contributed by atoms with E-state index in [-0.39, 0.29) is 12.0 Å². The van der Waals surface area contributed by atoms with Gasteiger partial charge in [-0.05, 0) is 23.8 Å². The van der Waals surface area contributed by atoms with Gasteiger partial charge < -0.3 is 20.1 Å². The van der Waals surface area contributed by atoms with Crippen LogP contribution in [0.25, 0.3) is 11.3 Å². The van der Waals surface area contributed by atoms with Crippen LogP contribution in [0.2, 0.25) is 0 Å². The minimum absolute atomic E-state index is 0.0000799. The summed E-state index contributed by atoms with van der Waals surface area (Å²) in [6, 6.07) is 9.76. The lowest BCUT2D eigenvalue weighted by molar-refractivity contribution is 0.0302. The fourth-order valence-electron chi connectivity index (χ4n) is 3.30. The number of rotatable bonds is 3. The maximum Gasteiger partial charge on any atom is 0.255 e. The molecule has 1 aromatic heterocycles. The molecule has 0 radical (unpaired) electrons. The molecule has 6 heteroatoms. The lowest BCUT2D eigenvalue weighted by Gasteiger charge is -2.26. The second-order valence-corrected chi connectivity index (χ2v) is 6.31. The smallest absolute Gasteiger partial charge is 0.255 e. The van der Waals surface area contributed by atoms with E-state index >= 15 is 0 Å². The number of aromatic nitrogens is 1. The zero-order valence-corrected chi connectivity index (χ0v) is 14.0. The topological polar surface area (TPSA) is 77.7 Å². The van der Waals surface area contributed by atoms with Gasteiger partial charge in [-0.15, -0.1) is 0 Å². The second kappa shape index (κ2) is 6.82. The van der Waals surface area contributed by atoms with E-state index in [2.05, 4.69) is 11.1 Å². The van der Waals surface area contributed by atoms with Crippen LogP contribution < -0.4 is 10.5 Å². The van der Waals surface area contributed by atoms with E-state index in [4.69, 9.17) is 15.2 Å². The van der Waals surface area contributed by atoms with Crippen LogP contribution in [0.3, 0.4) is 0 Å². The lowest BCUT2D eigenvalue weighted by Crippen LogP contribution is -2.40. The van der Waals surface area contributed by atoms with Gasteiger partial charge in [0.1, 0.15) is 11.9 Å². The normalized spacial score (nSPS) is 19.4. The van der Waals surface area contributed by atoms with Crippen LogP contribution in [-0.2, 0) is 11.2 Å². The highest BCUT2D eigenvalue weighted by atomic mass is 16.5. The molecule has 1 atom stereocenters. The SMILES string of the molecule is NCC1Cc2cccc(-c3ccc(C(=O)N4CCOCC4)cn3)c2O1. The molecule has 4 rings (SSSR count). The summed E-state index contributed by atoms with van der Waals surface area (Å²) in [7, 11) is 0. The Bertz CT molecular complexity index is 770. The minimum Gasteiger partial charge on any atom is -0.488 e. The van der Waals surface area contributed by atoms with E-state index in [0.29, 0.717) is 38.4 Å². The number of morpholine rings is 1. The second-order valence-electron chi connectivity index (χ2n) is 6.31. The Morgan fingerprint density at radius 3 is 2.80 bits per heavy atom. The lowest BCUT2D eigenvalue weighted by atomic mass is 10.0. The molecule has 2 aliphatic rings. The third-order valence-corrected chi connectivity index (χ3v) is 4.68. The van der Waals surface area contributed by atoms with Crippen molar-refractivity contribution in [3.8, 4) is 17.0 Å². The number of fused-ring (bicyclic) bond motifs is 1. The molecule has 1 saturated heterocycles. The molecule has 1 unspecified atom stereocenters. The third kappa shape index (κ3) is 3.10. The Kier molecular flexibility index (Phi) is 4.38. The molecule has 0 saturated carbocycles. The zero-order valence-electron chi connectivity index (χ0n) is 14.0. The monoisotopic (exact) mass is 339 g/mol. The number of hydrogen-bond acceptors (Lipinski definition) is 5. The maximum atomic E-state index is 12.5. The first-order valence-corrected chi connectivity index (χ1v) is 8.58. The fraction of sp³-hybridized carbons (Fsp3) is 0.368. The largest absolute Gasteiger partial charge is 0.488 e. The molecule has 3 heterocycles. The molecule has 6 nitrogen and oxygen atoms in total. The average Bonchev–Trinajstić information content (AvgIpc) is 3.12. The predicted molar refractivity (Wildman–Crippen MR) is 93.6 cm³/mol. The first kappa shape index (κ1) is 16.1. The fourth-order valence-corrected chi connectivity index (χ4v) is 3.30. The molecule has 2 N–H and O–H groups in total. The van der Waals surface area contributed by atoms with Gasteiger partial charge in [0.15, 0.2) is 0 Å². The average molecular weight is 339 g/mol. The van der Waals surface area contributed by atoms with Crippen molar-refractivity contribution in [3.63, 3.8) is 0 Å². The summed E-state index contributed by atoms with van der Waals surface area (Å²) in [4.78, 5) is 18.8. The molecule has 1 aromatic carbocycles. The van der Waals surface area contributed by atoms with E-state index in [1.54, 1.807) is 11.1 Å². The Labute approximate surface area is 146 Å². The summed E-state index contributed by atoms with van der Waals surface area (Å²) in [6.07, 6.45) is 2.49. The van der Waals surface area contributed by atoms with Gasteiger partial charge in [0.05, 0.1) is 24.5 Å². The van der Waals surface area contributed by atoms with Gasteiger partial charge in [0.2, 0.25) is 0 Å². The van der Waals surface area contributed by atoms with Crippen LogP contribution in [0.15, 0.2) is 36.5 Å². The number of hydrogen-bond donors (Lipinski definition) is 1. The number of carbonyl (C=O) groups is 1. The van der Waals surface area contributed by atoms with Crippen LogP contribution in [0.5, 0.6) is 5.75 Å². The van der Waals surface area contributed by atoms with E-state index in [0.717, 1.165) is 29.0 Å². The predicted octanol–water partition coefficient (Wildman–Crippen LogP) is 1.48. The Morgan fingerprint density at radius 2 is 2.08 bits per heavy atom. The van der Waals surface area contributed by atoms with Crippen molar-refractivity contribution in [2.45, 2.75) is 12.5 Å². The van der Waals surface area contributed by atoms with Crippen LogP contribution in [0.1, 0.15) is 15.9 Å². The van der Waals surface area contributed by atoms with E-state index in [1.807, 2.05) is 24.3 Å². The molecule has 25 heavy (non-hydrogen) atoms. The van der Waals surface area contributed by atoms with Crippen molar-refractivity contribution in [2.24, 2.45) is 5.73 Å². The van der Waals surface area contributed by atoms with Crippen molar-refractivity contribution >= 4 is 5.91 Å². The van der Waals surface area contributed by atoms with Crippen LogP contribution in [-0.4, -0.2) is 54.7 Å². The highest BCUT2D eigenvalue weighted by molar-refractivity contribution is 5.94. The van der Waals surface area contributed by atoms with Gasteiger partial charge in [-0.25, -0.2) is 0 Å². The molecule has 2 aromatic rings. The molecular formula is C19H21N3O3. The summed E-state index contributed by atoms with van der Waals surface area (Å²) < 4.78 is 11.3. The number of pyridine rings is 1. The summed E-state index contributed by atoms with van der Waals surface area (Å²) in [5.41, 5.74) is 9.23. The van der Waals surface area contributed by atoms with Gasteiger partial charge in [0.25, 0.3) is 5.91 Å². The zero-order chi connectivity index (χ0) is 17.2. The van der Waals surface area contributed by atoms with Crippen LogP contribution >= 0.6 is 0 Å². The Hall–Kier alpha value is -2.44. The van der Waals surface area contributed by atoms with E-state index in [9.17, 15) is 4.79 Å². The summed E-state index contributed by atoms with van der Waals surface area (Å²) in [6.45, 7) is 2.93. The number of benzene rings is 1. The quantitative estimate of drug-likeness (QED) is 0.916. The number of para-hydroxylation sites is 1. The van der Waals surface area contributed by atoms with Crippen molar-refractivity contribution in [3.05, 3.63) is 47.7 Å². The molecule has 2 aliphatic heterocycles. The van der Waals surface area contributed by atoms with Crippen LogP contribution in [0.4, 0.5) is 0 Å². The number of ether oxygens (including phenoxy) is 2. The maximum absolute atomic E-state index is 12.5. The number of amides is 1. The summed E-state index contributed by atoms with van der Waals surface area (Å²) in [5.74, 6) is 0.859. The van der Waals surface area contributed by atoms with Gasteiger partial charge in [-0.1, -0.05) is 12.1 Å². The van der Waals surface area contributed by atoms with Crippen molar-refractivity contribution in [1.29, 1.82) is 0 Å². The van der Waals surface area contributed by atoms with Gasteiger partial charge >= 0.3 is 0 Å². The number of nitrogens with zero attached hydrogens (tertiary/aromatic N) is 2. The first-order valence-electron chi connectivity index (χ1n) is 8.58. The molecule has 130 valence electrons. The van der Waals surface area contributed by atoms with Crippen molar-refractivity contribution in [2.75, 3.05) is 32.8 Å². The van der Waals surface area contributed by atoms with Crippen LogP contribution in [0, 0.1) is 0 Å². The first-order chi connectivity index (χ1) is 12.3. The Morgan fingerprint density at radius 1 is 1.24 bits per heavy atom. The van der Waals surface area contributed by atoms with E-state index in [1.165, 1.54) is 0 Å². The highest BCUT2D eigenvalue weighted by Crippen LogP contribution is 2.37.